The molecule has 0 saturated carbocycles. The Morgan fingerprint density at radius 3 is 1.33 bits per heavy atom. The van der Waals surface area contributed by atoms with Crippen LogP contribution in [0.3, 0.4) is 0 Å². The first-order valence-corrected chi connectivity index (χ1v) is 18.4. The van der Waals surface area contributed by atoms with E-state index in [1.165, 1.54) is 96.4 Å². The van der Waals surface area contributed by atoms with Gasteiger partial charge in [-0.25, -0.2) is 0 Å². The van der Waals surface area contributed by atoms with Crippen molar-refractivity contribution in [2.75, 3.05) is 46.0 Å². The van der Waals surface area contributed by atoms with Crippen LogP contribution in [-0.2, 0) is 0 Å². The van der Waals surface area contributed by atoms with Crippen molar-refractivity contribution in [3.8, 4) is 0 Å². The van der Waals surface area contributed by atoms with Crippen molar-refractivity contribution in [3.63, 3.8) is 0 Å². The number of carboxylic acids is 1. The summed E-state index contributed by atoms with van der Waals surface area (Å²) in [7, 11) is 0. The molecule has 0 fully saturated rings. The summed E-state index contributed by atoms with van der Waals surface area (Å²) in [5, 5.41) is 40.0. The molecule has 0 aliphatic carbocycles. The Bertz CT molecular complexity index is 934. The van der Waals surface area contributed by atoms with Gasteiger partial charge in [-0.15, -0.1) is 0 Å². The molecular formula is C39H67NO5. The van der Waals surface area contributed by atoms with E-state index in [0.717, 1.165) is 73.4 Å². The van der Waals surface area contributed by atoms with Crippen molar-refractivity contribution in [1.82, 2.24) is 0 Å². The minimum Gasteiger partial charge on any atom is -0.545 e. The minimum absolute atomic E-state index is 0.248. The summed E-state index contributed by atoms with van der Waals surface area (Å²) < 4.78 is 1.12. The van der Waals surface area contributed by atoms with Gasteiger partial charge in [-0.3, -0.25) is 0 Å². The lowest BCUT2D eigenvalue weighted by atomic mass is 10.0. The third kappa shape index (κ3) is 20.0. The molecule has 0 radical (unpaired) electrons. The predicted octanol–water partition coefficient (Wildman–Crippen LogP) is 7.81. The smallest absolute Gasteiger partial charge is 0.0787 e. The van der Waals surface area contributed by atoms with Gasteiger partial charge in [0.1, 0.15) is 0 Å². The van der Waals surface area contributed by atoms with Gasteiger partial charge in [0.15, 0.2) is 0 Å². The van der Waals surface area contributed by atoms with Crippen LogP contribution >= 0.6 is 0 Å². The summed E-state index contributed by atoms with van der Waals surface area (Å²) in [6.45, 7) is 7.76. The highest BCUT2D eigenvalue weighted by Crippen LogP contribution is 2.19. The van der Waals surface area contributed by atoms with Gasteiger partial charge in [-0.05, 0) is 62.1 Å². The van der Waals surface area contributed by atoms with Crippen LogP contribution in [0.1, 0.15) is 146 Å². The summed E-state index contributed by atoms with van der Waals surface area (Å²) in [4.78, 5) is 10.7. The first-order chi connectivity index (χ1) is 22.0. The Hall–Kier alpha value is -1.99. The lowest BCUT2D eigenvalue weighted by molar-refractivity contribution is -0.929. The van der Waals surface area contributed by atoms with E-state index in [1.807, 2.05) is 24.3 Å². The molecule has 0 aliphatic heterocycles. The molecule has 2 rings (SSSR count). The highest BCUT2D eigenvalue weighted by molar-refractivity contribution is 6.02. The molecule has 0 atom stereocenters. The monoisotopic (exact) mass is 630 g/mol. The van der Waals surface area contributed by atoms with Gasteiger partial charge in [0, 0.05) is 25.4 Å². The number of hydrogen-bond acceptors (Lipinski definition) is 5. The third-order valence-electron chi connectivity index (χ3n) is 9.12. The second-order valence-corrected chi connectivity index (χ2v) is 12.9. The van der Waals surface area contributed by atoms with Gasteiger partial charge < -0.3 is 29.7 Å². The van der Waals surface area contributed by atoms with Crippen molar-refractivity contribution >= 4 is 16.7 Å². The molecule has 6 nitrogen and oxygen atoms in total. The molecule has 6 heteroatoms. The van der Waals surface area contributed by atoms with Gasteiger partial charge in [-0.2, -0.15) is 0 Å². The van der Waals surface area contributed by atoms with Crippen LogP contribution in [0, 0.1) is 0 Å². The van der Waals surface area contributed by atoms with E-state index < -0.39 is 5.97 Å². The van der Waals surface area contributed by atoms with Gasteiger partial charge >= 0.3 is 0 Å². The number of aliphatic hydroxyl groups excluding tert-OH is 3. The number of rotatable bonds is 28. The van der Waals surface area contributed by atoms with Gasteiger partial charge in [0.2, 0.25) is 0 Å². The predicted molar refractivity (Wildman–Crippen MR) is 187 cm³/mol. The van der Waals surface area contributed by atoms with Crippen molar-refractivity contribution in [2.24, 2.45) is 0 Å². The molecule has 0 saturated heterocycles. The Morgan fingerprint density at radius 2 is 0.911 bits per heavy atom. The minimum atomic E-state index is -1.13. The summed E-state index contributed by atoms with van der Waals surface area (Å²) >= 11 is 0. The van der Waals surface area contributed by atoms with Crippen molar-refractivity contribution in [1.29, 1.82) is 0 Å². The first-order valence-electron chi connectivity index (χ1n) is 18.4. The normalized spacial score (nSPS) is 11.5. The standard InChI is InChI=1S/C28H60NO3.C11H8O2/c1-2-3-4-5-6-7-8-9-10-11-12-13-14-15-22-29(23-16-19-26-30,24-17-20-27-31)25-18-21-28-32;12-11(13)10-7-3-5-8-4-1-2-6-9(8)10/h30-32H,2-28H2,1H3;1-7H,(H,12,13)/q+1;/p-1. The number of carbonyl (C=O) groups excluding carboxylic acids is 1. The van der Waals surface area contributed by atoms with E-state index in [0.29, 0.717) is 0 Å². The van der Waals surface area contributed by atoms with Crippen LogP contribution < -0.4 is 5.11 Å². The van der Waals surface area contributed by atoms with E-state index in [2.05, 4.69) is 6.92 Å². The average Bonchev–Trinajstić information content (AvgIpc) is 3.05. The molecule has 45 heavy (non-hydrogen) atoms. The van der Waals surface area contributed by atoms with E-state index in [1.54, 1.807) is 18.2 Å². The summed E-state index contributed by atoms with van der Waals surface area (Å²) in [5.74, 6) is -1.13. The number of nitrogens with zero attached hydrogens (tertiary/aromatic N) is 1. The number of unbranched alkanes of at least 4 members (excludes halogenated alkanes) is 16. The molecule has 0 heterocycles. The van der Waals surface area contributed by atoms with Crippen LogP contribution in [0.5, 0.6) is 0 Å². The highest BCUT2D eigenvalue weighted by Gasteiger charge is 2.25. The molecule has 2 aromatic rings. The number of aromatic carboxylic acids is 1. The van der Waals surface area contributed by atoms with E-state index in [-0.39, 0.29) is 25.4 Å². The lowest BCUT2D eigenvalue weighted by Crippen LogP contribution is -2.51. The zero-order chi connectivity index (χ0) is 32.9. The maximum absolute atomic E-state index is 10.7. The lowest BCUT2D eigenvalue weighted by Gasteiger charge is -2.39. The number of fused-ring (bicyclic) bond motifs is 1. The van der Waals surface area contributed by atoms with Gasteiger partial charge in [-0.1, -0.05) is 126 Å². The topological polar surface area (TPSA) is 101 Å². The third-order valence-corrected chi connectivity index (χ3v) is 9.12. The molecule has 0 spiro atoms. The fourth-order valence-corrected chi connectivity index (χ4v) is 6.39. The number of benzene rings is 2. The molecule has 258 valence electrons. The van der Waals surface area contributed by atoms with Crippen LogP contribution in [-0.4, -0.2) is 71.8 Å². The summed E-state index contributed by atoms with van der Waals surface area (Å²) in [6.07, 6.45) is 25.4. The van der Waals surface area contributed by atoms with Gasteiger partial charge in [0.05, 0.1) is 32.1 Å². The van der Waals surface area contributed by atoms with Crippen molar-refractivity contribution in [3.05, 3.63) is 48.0 Å². The van der Waals surface area contributed by atoms with Crippen LogP contribution in [0.2, 0.25) is 0 Å². The molecule has 0 aromatic heterocycles. The number of carbonyl (C=O) groups is 1. The maximum atomic E-state index is 10.7. The molecule has 0 amide bonds. The SMILES string of the molecule is CCCCCCCCCCCCCCCC[N+](CCCCO)(CCCCO)CCCCO.O=C([O-])c1cccc2ccccc12. The summed E-state index contributed by atoms with van der Waals surface area (Å²) in [5.41, 5.74) is 0.248. The molecule has 2 aromatic carbocycles. The van der Waals surface area contributed by atoms with Crippen molar-refractivity contribution < 1.29 is 29.7 Å². The zero-order valence-electron chi connectivity index (χ0n) is 28.7. The molecular weight excluding hydrogens is 562 g/mol. The first kappa shape index (κ1) is 41.0. The zero-order valence-corrected chi connectivity index (χ0v) is 28.7. The Labute approximate surface area is 275 Å². The molecule has 0 unspecified atom stereocenters. The molecule has 0 bridgehead atoms. The fourth-order valence-electron chi connectivity index (χ4n) is 6.39. The van der Waals surface area contributed by atoms with Crippen molar-refractivity contribution in [2.45, 2.75) is 135 Å². The van der Waals surface area contributed by atoms with Crippen LogP contribution in [0.25, 0.3) is 10.8 Å². The second-order valence-electron chi connectivity index (χ2n) is 12.9. The van der Waals surface area contributed by atoms with E-state index in [4.69, 9.17) is 0 Å². The molecule has 3 N–H and O–H groups in total. The quantitative estimate of drug-likeness (QED) is 0.0659. The fraction of sp³-hybridized carbons (Fsp3) is 0.718. The Balaban J connectivity index is 0.000000635. The van der Waals surface area contributed by atoms with E-state index in [9.17, 15) is 25.2 Å². The number of aliphatic hydroxyl groups is 3. The average molecular weight is 630 g/mol. The Kier molecular flexibility index (Phi) is 25.8. The number of quaternary nitrogens is 1. The Morgan fingerprint density at radius 1 is 0.533 bits per heavy atom. The highest BCUT2D eigenvalue weighted by atomic mass is 16.4. The van der Waals surface area contributed by atoms with Gasteiger partial charge in [0.25, 0.3) is 0 Å². The number of carboxylic acid groups (broad SMARTS) is 1. The number of hydrogen-bond donors (Lipinski definition) is 3. The van der Waals surface area contributed by atoms with Crippen LogP contribution in [0.15, 0.2) is 42.5 Å². The second kappa shape index (κ2) is 28.3. The largest absolute Gasteiger partial charge is 0.545 e. The molecule has 0 aliphatic rings. The van der Waals surface area contributed by atoms with E-state index >= 15 is 0 Å². The maximum Gasteiger partial charge on any atom is 0.0787 e. The van der Waals surface area contributed by atoms with Crippen LogP contribution in [0.4, 0.5) is 0 Å². The summed E-state index contributed by atoms with van der Waals surface area (Å²) in [6, 6.07) is 12.5.